The van der Waals surface area contributed by atoms with Gasteiger partial charge in [0.15, 0.2) is 0 Å². The first-order chi connectivity index (χ1) is 16.3. The van der Waals surface area contributed by atoms with E-state index >= 15 is 0 Å². The Hall–Kier alpha value is -2.93. The molecule has 0 radical (unpaired) electrons. The van der Waals surface area contributed by atoms with Crippen LogP contribution in [0.4, 0.5) is 5.82 Å². The van der Waals surface area contributed by atoms with Crippen molar-refractivity contribution < 1.29 is 4.79 Å². The normalized spacial score (nSPS) is 18.1. The number of benzene rings is 1. The van der Waals surface area contributed by atoms with E-state index in [0.717, 1.165) is 44.1 Å². The molecule has 0 atom stereocenters. The monoisotopic (exact) mass is 493 g/mol. The fraction of sp³-hybridized carbons (Fsp3) is 0.360. The van der Waals surface area contributed by atoms with E-state index in [0.29, 0.717) is 21.3 Å². The molecule has 9 heteroatoms. The molecule has 2 aromatic rings. The molecular formula is C25H27N5O2S2. The molecule has 1 aromatic carbocycles. The lowest BCUT2D eigenvalue weighted by molar-refractivity contribution is -0.121. The highest BCUT2D eigenvalue weighted by Gasteiger charge is 2.31. The van der Waals surface area contributed by atoms with E-state index < -0.39 is 0 Å². The molecule has 3 heterocycles. The summed E-state index contributed by atoms with van der Waals surface area (Å²) in [6.45, 7) is 8.19. The SMILES string of the molecule is CCn1c(N2CCN(Cc3ccccc3)CC2)c(/C=C2/SC(=S)N(C)C2=O)c(C)c(C#N)c1=O. The fourth-order valence-corrected chi connectivity index (χ4v) is 5.58. The van der Waals surface area contributed by atoms with Crippen molar-refractivity contribution in [3.05, 3.63) is 67.8 Å². The molecule has 1 aromatic heterocycles. The number of pyridine rings is 1. The summed E-state index contributed by atoms with van der Waals surface area (Å²) in [4.78, 5) is 32.4. The summed E-state index contributed by atoms with van der Waals surface area (Å²) in [5.74, 6) is 0.602. The van der Waals surface area contributed by atoms with Gasteiger partial charge in [0.1, 0.15) is 21.8 Å². The van der Waals surface area contributed by atoms with E-state index in [1.165, 1.54) is 22.2 Å². The van der Waals surface area contributed by atoms with Crippen molar-refractivity contribution in [1.29, 1.82) is 5.26 Å². The Labute approximate surface area is 209 Å². The van der Waals surface area contributed by atoms with Gasteiger partial charge in [-0.25, -0.2) is 0 Å². The number of hydrogen-bond donors (Lipinski definition) is 0. The third-order valence-electron chi connectivity index (χ3n) is 6.35. The van der Waals surface area contributed by atoms with Crippen molar-refractivity contribution in [3.63, 3.8) is 0 Å². The molecule has 176 valence electrons. The van der Waals surface area contributed by atoms with Crippen molar-refractivity contribution in [3.8, 4) is 6.07 Å². The van der Waals surface area contributed by atoms with Crippen LogP contribution in [0.3, 0.4) is 0 Å². The van der Waals surface area contributed by atoms with Gasteiger partial charge in [0.25, 0.3) is 11.5 Å². The summed E-state index contributed by atoms with van der Waals surface area (Å²) < 4.78 is 2.16. The second-order valence-electron chi connectivity index (χ2n) is 8.39. The number of aromatic nitrogens is 1. The summed E-state index contributed by atoms with van der Waals surface area (Å²) in [7, 11) is 1.66. The fourth-order valence-electron chi connectivity index (χ4n) is 4.41. The minimum atomic E-state index is -0.288. The molecule has 2 fully saturated rings. The number of nitrogens with zero attached hydrogens (tertiary/aromatic N) is 5. The second-order valence-corrected chi connectivity index (χ2v) is 10.1. The molecule has 2 aliphatic heterocycles. The lowest BCUT2D eigenvalue weighted by Crippen LogP contribution is -2.48. The Balaban J connectivity index is 1.72. The first kappa shape index (κ1) is 24.2. The molecule has 34 heavy (non-hydrogen) atoms. The zero-order chi connectivity index (χ0) is 24.4. The number of hydrogen-bond acceptors (Lipinski definition) is 7. The van der Waals surface area contributed by atoms with Crippen LogP contribution < -0.4 is 10.5 Å². The van der Waals surface area contributed by atoms with E-state index in [2.05, 4.69) is 40.1 Å². The molecule has 0 spiro atoms. The number of anilines is 1. The lowest BCUT2D eigenvalue weighted by atomic mass is 10.0. The van der Waals surface area contributed by atoms with Crippen molar-refractivity contribution in [2.75, 3.05) is 38.1 Å². The minimum absolute atomic E-state index is 0.117. The molecule has 2 saturated heterocycles. The molecular weight excluding hydrogens is 466 g/mol. The molecule has 0 bridgehead atoms. The van der Waals surface area contributed by atoms with Crippen LogP contribution in [0.2, 0.25) is 0 Å². The third kappa shape index (κ3) is 4.53. The topological polar surface area (TPSA) is 72.6 Å². The second kappa shape index (κ2) is 10.1. The lowest BCUT2D eigenvalue weighted by Gasteiger charge is -2.38. The Morgan fingerprint density at radius 1 is 1.15 bits per heavy atom. The number of rotatable bonds is 5. The van der Waals surface area contributed by atoms with Crippen molar-refractivity contribution in [1.82, 2.24) is 14.4 Å². The number of amides is 1. The summed E-state index contributed by atoms with van der Waals surface area (Å²) >= 11 is 6.54. The van der Waals surface area contributed by atoms with Gasteiger partial charge in [-0.2, -0.15) is 5.26 Å². The van der Waals surface area contributed by atoms with Crippen LogP contribution in [0.1, 0.15) is 29.2 Å². The minimum Gasteiger partial charge on any atom is -0.355 e. The van der Waals surface area contributed by atoms with Crippen molar-refractivity contribution in [2.24, 2.45) is 0 Å². The van der Waals surface area contributed by atoms with E-state index in [9.17, 15) is 14.9 Å². The third-order valence-corrected chi connectivity index (χ3v) is 7.83. The smallest absolute Gasteiger partial charge is 0.270 e. The molecule has 1 amide bonds. The molecule has 7 nitrogen and oxygen atoms in total. The number of thiocarbonyl (C=S) groups is 1. The van der Waals surface area contributed by atoms with Gasteiger partial charge in [-0.15, -0.1) is 0 Å². The summed E-state index contributed by atoms with van der Waals surface area (Å²) in [6.07, 6.45) is 1.80. The number of nitriles is 1. The highest BCUT2D eigenvalue weighted by molar-refractivity contribution is 8.26. The molecule has 2 aliphatic rings. The predicted octanol–water partition coefficient (Wildman–Crippen LogP) is 3.20. The Morgan fingerprint density at radius 2 is 1.82 bits per heavy atom. The quantitative estimate of drug-likeness (QED) is 0.468. The first-order valence-electron chi connectivity index (χ1n) is 11.3. The van der Waals surface area contributed by atoms with E-state index in [1.54, 1.807) is 24.6 Å². The van der Waals surface area contributed by atoms with E-state index in [4.69, 9.17) is 12.2 Å². The van der Waals surface area contributed by atoms with Crippen LogP contribution in [-0.2, 0) is 17.9 Å². The maximum atomic E-state index is 13.2. The largest absolute Gasteiger partial charge is 0.355 e. The molecule has 4 rings (SSSR count). The van der Waals surface area contributed by atoms with Crippen LogP contribution >= 0.6 is 24.0 Å². The first-order valence-corrected chi connectivity index (χ1v) is 12.5. The molecule has 0 aliphatic carbocycles. The zero-order valence-electron chi connectivity index (χ0n) is 19.6. The maximum Gasteiger partial charge on any atom is 0.270 e. The summed E-state index contributed by atoms with van der Waals surface area (Å²) in [6, 6.07) is 12.5. The number of likely N-dealkylation sites (N-methyl/N-ethyl adjacent to an activating group) is 1. The molecule has 0 N–H and O–H groups in total. The van der Waals surface area contributed by atoms with Crippen LogP contribution in [0, 0.1) is 18.3 Å². The number of thioether (sulfide) groups is 1. The summed E-state index contributed by atoms with van der Waals surface area (Å²) in [5.41, 5.74) is 2.44. The Morgan fingerprint density at radius 3 is 2.38 bits per heavy atom. The Kier molecular flexibility index (Phi) is 7.22. The van der Waals surface area contributed by atoms with Crippen LogP contribution in [0.5, 0.6) is 0 Å². The highest BCUT2D eigenvalue weighted by atomic mass is 32.2. The average Bonchev–Trinajstić information content (AvgIpc) is 3.08. The maximum absolute atomic E-state index is 13.2. The number of carbonyl (C=O) groups excluding carboxylic acids is 1. The van der Waals surface area contributed by atoms with E-state index in [1.807, 2.05) is 13.0 Å². The van der Waals surface area contributed by atoms with Crippen LogP contribution in [-0.4, -0.2) is 57.8 Å². The van der Waals surface area contributed by atoms with Gasteiger partial charge in [0, 0.05) is 51.9 Å². The zero-order valence-corrected chi connectivity index (χ0v) is 21.2. The van der Waals surface area contributed by atoms with Crippen LogP contribution in [0.15, 0.2) is 40.0 Å². The molecule has 0 saturated carbocycles. The number of carbonyl (C=O) groups is 1. The standard InChI is InChI=1S/C25H27N5O2S2/c1-4-30-22(29-12-10-28(11-13-29)16-18-8-6-5-7-9-18)19(17(2)20(15-26)23(30)31)14-21-24(32)27(3)25(33)34-21/h5-9,14H,4,10-13,16H2,1-3H3/b21-14+. The van der Waals surface area contributed by atoms with Gasteiger partial charge < -0.3 is 4.90 Å². The molecule has 0 unspecified atom stereocenters. The van der Waals surface area contributed by atoms with Gasteiger partial charge in [-0.3, -0.25) is 24.0 Å². The van der Waals surface area contributed by atoms with Gasteiger partial charge in [0.05, 0.1) is 4.91 Å². The van der Waals surface area contributed by atoms with Gasteiger partial charge in [0.2, 0.25) is 0 Å². The Bertz CT molecular complexity index is 1250. The number of piperazine rings is 1. The van der Waals surface area contributed by atoms with Gasteiger partial charge in [-0.05, 0) is 31.1 Å². The van der Waals surface area contributed by atoms with Crippen molar-refractivity contribution in [2.45, 2.75) is 26.9 Å². The summed E-state index contributed by atoms with van der Waals surface area (Å²) in [5, 5.41) is 9.71. The highest BCUT2D eigenvalue weighted by Crippen LogP contribution is 2.35. The average molecular weight is 494 g/mol. The van der Waals surface area contributed by atoms with Crippen molar-refractivity contribution >= 4 is 46.1 Å². The van der Waals surface area contributed by atoms with Gasteiger partial charge >= 0.3 is 0 Å². The van der Waals surface area contributed by atoms with E-state index in [-0.39, 0.29) is 17.0 Å². The van der Waals surface area contributed by atoms with Gasteiger partial charge in [-0.1, -0.05) is 54.3 Å². The predicted molar refractivity (Wildman–Crippen MR) is 141 cm³/mol. The van der Waals surface area contributed by atoms with Crippen LogP contribution in [0.25, 0.3) is 6.08 Å².